The average Bonchev–Trinajstić information content (AvgIpc) is 3.14. The van der Waals surface area contributed by atoms with Crippen molar-refractivity contribution in [2.24, 2.45) is 0 Å². The van der Waals surface area contributed by atoms with Crippen molar-refractivity contribution in [2.75, 3.05) is 12.4 Å². The van der Waals surface area contributed by atoms with Gasteiger partial charge in [-0.15, -0.1) is 0 Å². The fraction of sp³-hybridized carbons (Fsp3) is 0.211. The number of H-pyrrole nitrogens is 1. The van der Waals surface area contributed by atoms with Gasteiger partial charge in [-0.1, -0.05) is 11.8 Å². The van der Waals surface area contributed by atoms with Gasteiger partial charge < -0.3 is 20.1 Å². The Morgan fingerprint density at radius 1 is 1.40 bits per heavy atom. The molecule has 0 unspecified atom stereocenters. The maximum atomic E-state index is 14.3. The minimum absolute atomic E-state index is 0.133. The first-order chi connectivity index (χ1) is 12.0. The molecule has 3 N–H and O–H groups in total. The number of hydrogen-bond acceptors (Lipinski definition) is 3. The average molecular weight is 340 g/mol. The van der Waals surface area contributed by atoms with Crippen molar-refractivity contribution in [2.45, 2.75) is 19.4 Å². The molecule has 0 aliphatic carbocycles. The number of rotatable bonds is 3. The van der Waals surface area contributed by atoms with Gasteiger partial charge in [0.15, 0.2) is 0 Å². The predicted molar refractivity (Wildman–Crippen MR) is 93.4 cm³/mol. The second-order valence-corrected chi connectivity index (χ2v) is 5.67. The zero-order valence-electron chi connectivity index (χ0n) is 13.8. The molecule has 5 nitrogen and oxygen atoms in total. The molecule has 0 saturated carbocycles. The van der Waals surface area contributed by atoms with E-state index in [0.717, 1.165) is 0 Å². The van der Waals surface area contributed by atoms with Crippen LogP contribution in [0.25, 0.3) is 11.6 Å². The van der Waals surface area contributed by atoms with Crippen molar-refractivity contribution in [3.63, 3.8) is 0 Å². The Morgan fingerprint density at radius 2 is 2.20 bits per heavy atom. The zero-order valence-corrected chi connectivity index (χ0v) is 13.8. The molecule has 0 saturated heterocycles. The number of halogens is 1. The Morgan fingerprint density at radius 3 is 2.92 bits per heavy atom. The van der Waals surface area contributed by atoms with Gasteiger partial charge in [-0.25, -0.2) is 4.39 Å². The maximum Gasteiger partial charge on any atom is 0.256 e. The fourth-order valence-corrected chi connectivity index (χ4v) is 2.61. The van der Waals surface area contributed by atoms with Crippen LogP contribution in [0.2, 0.25) is 0 Å². The number of anilines is 1. The number of amides is 1. The molecular formula is C19H17FN2O3. The number of nitrogens with one attached hydrogen (secondary N) is 2. The lowest BCUT2D eigenvalue weighted by atomic mass is 9.99. The smallest absolute Gasteiger partial charge is 0.256 e. The van der Waals surface area contributed by atoms with Crippen LogP contribution in [0.4, 0.5) is 10.1 Å². The molecule has 1 atom stereocenters. The van der Waals surface area contributed by atoms with Crippen molar-refractivity contribution in [1.82, 2.24) is 4.98 Å². The number of aromatic amines is 1. The van der Waals surface area contributed by atoms with Gasteiger partial charge in [0, 0.05) is 18.2 Å². The lowest BCUT2D eigenvalue weighted by Gasteiger charge is -2.05. The summed E-state index contributed by atoms with van der Waals surface area (Å²) in [5.74, 6) is 5.22. The Hall–Kier alpha value is -3.04. The van der Waals surface area contributed by atoms with E-state index in [2.05, 4.69) is 22.1 Å². The van der Waals surface area contributed by atoms with Crippen LogP contribution in [0.1, 0.15) is 30.2 Å². The number of methoxy groups -OCH3 is 1. The highest BCUT2D eigenvalue weighted by molar-refractivity contribution is 6.35. The summed E-state index contributed by atoms with van der Waals surface area (Å²) in [7, 11) is 1.53. The lowest BCUT2D eigenvalue weighted by Crippen LogP contribution is -2.03. The second-order valence-electron chi connectivity index (χ2n) is 5.67. The molecule has 0 fully saturated rings. The molecule has 1 aliphatic heterocycles. The van der Waals surface area contributed by atoms with E-state index < -0.39 is 11.9 Å². The molecule has 1 aromatic carbocycles. The van der Waals surface area contributed by atoms with Crippen LogP contribution in [0, 0.1) is 17.7 Å². The van der Waals surface area contributed by atoms with Gasteiger partial charge in [0.1, 0.15) is 11.6 Å². The molecule has 128 valence electrons. The van der Waals surface area contributed by atoms with Crippen LogP contribution in [-0.4, -0.2) is 29.2 Å². The third kappa shape index (κ3) is 3.28. The maximum absolute atomic E-state index is 14.3. The van der Waals surface area contributed by atoms with Crippen LogP contribution in [0.5, 0.6) is 5.75 Å². The Kier molecular flexibility index (Phi) is 4.59. The summed E-state index contributed by atoms with van der Waals surface area (Å²) in [4.78, 5) is 15.3. The van der Waals surface area contributed by atoms with Crippen molar-refractivity contribution in [1.29, 1.82) is 0 Å². The van der Waals surface area contributed by atoms with Gasteiger partial charge in [-0.05, 0) is 31.2 Å². The topological polar surface area (TPSA) is 74.4 Å². The summed E-state index contributed by atoms with van der Waals surface area (Å²) in [5.41, 5.74) is 1.96. The van der Waals surface area contributed by atoms with Crippen LogP contribution in [0.3, 0.4) is 0 Å². The Bertz CT molecular complexity index is 916. The van der Waals surface area contributed by atoms with E-state index in [1.54, 1.807) is 25.3 Å². The predicted octanol–water partition coefficient (Wildman–Crippen LogP) is 2.78. The number of carbonyl (C=O) groups is 1. The van der Waals surface area contributed by atoms with Gasteiger partial charge in [-0.2, -0.15) is 0 Å². The highest BCUT2D eigenvalue weighted by Crippen LogP contribution is 2.37. The van der Waals surface area contributed by atoms with Crippen LogP contribution >= 0.6 is 0 Å². The summed E-state index contributed by atoms with van der Waals surface area (Å²) in [6.45, 7) is 1.61. The number of ether oxygens (including phenoxy) is 1. The summed E-state index contributed by atoms with van der Waals surface area (Å²) in [5, 5.41) is 12.0. The third-order valence-electron chi connectivity index (χ3n) is 3.78. The minimum Gasteiger partial charge on any atom is -0.495 e. The summed E-state index contributed by atoms with van der Waals surface area (Å²) < 4.78 is 19.6. The molecule has 0 bridgehead atoms. The van der Waals surface area contributed by atoms with Crippen LogP contribution < -0.4 is 10.1 Å². The lowest BCUT2D eigenvalue weighted by molar-refractivity contribution is -0.110. The standard InChI is InChI=1S/C19H17FN2O3/c1-11(23)4-3-5-12-14(20)6-7-15-18(12)13(19(24)22-15)10-16-17(25-2)8-9-21-16/h6-11,21,23H,4H2,1-2H3,(H,22,24)/t11-/m0/s1. The summed E-state index contributed by atoms with van der Waals surface area (Å²) in [6, 6.07) is 4.51. The van der Waals surface area contributed by atoms with Gasteiger partial charge >= 0.3 is 0 Å². The zero-order chi connectivity index (χ0) is 18.0. The highest BCUT2D eigenvalue weighted by atomic mass is 19.1. The van der Waals surface area contributed by atoms with Gasteiger partial charge in [0.2, 0.25) is 0 Å². The van der Waals surface area contributed by atoms with E-state index in [0.29, 0.717) is 28.3 Å². The number of aliphatic hydroxyl groups is 1. The molecule has 1 aliphatic rings. The first kappa shape index (κ1) is 16.8. The highest BCUT2D eigenvalue weighted by Gasteiger charge is 2.28. The normalized spacial score (nSPS) is 15.4. The molecule has 2 heterocycles. The first-order valence-electron chi connectivity index (χ1n) is 7.75. The second kappa shape index (κ2) is 6.83. The molecule has 25 heavy (non-hydrogen) atoms. The van der Waals surface area contributed by atoms with Gasteiger partial charge in [0.05, 0.1) is 35.7 Å². The molecule has 2 aromatic rings. The van der Waals surface area contributed by atoms with Gasteiger partial charge in [0.25, 0.3) is 5.91 Å². The number of aromatic nitrogens is 1. The number of carbonyl (C=O) groups excluding carboxylic acids is 1. The molecule has 6 heteroatoms. The van der Waals surface area contributed by atoms with Crippen molar-refractivity contribution in [3.8, 4) is 17.6 Å². The van der Waals surface area contributed by atoms with Crippen molar-refractivity contribution >= 4 is 23.2 Å². The van der Waals surface area contributed by atoms with Crippen molar-refractivity contribution in [3.05, 3.63) is 47.0 Å². The quantitative estimate of drug-likeness (QED) is 0.594. The van der Waals surface area contributed by atoms with E-state index in [4.69, 9.17) is 4.74 Å². The van der Waals surface area contributed by atoms with E-state index in [-0.39, 0.29) is 17.9 Å². The fourth-order valence-electron chi connectivity index (χ4n) is 2.61. The van der Waals surface area contributed by atoms with E-state index in [9.17, 15) is 14.3 Å². The van der Waals surface area contributed by atoms with Gasteiger partial charge in [-0.3, -0.25) is 4.79 Å². The monoisotopic (exact) mass is 340 g/mol. The Labute approximate surface area is 144 Å². The molecule has 1 amide bonds. The summed E-state index contributed by atoms with van der Waals surface area (Å²) >= 11 is 0. The molecular weight excluding hydrogens is 323 g/mol. The van der Waals surface area contributed by atoms with Crippen LogP contribution in [0.15, 0.2) is 24.4 Å². The molecule has 0 spiro atoms. The van der Waals surface area contributed by atoms with E-state index in [1.807, 2.05) is 0 Å². The number of hydrogen-bond donors (Lipinski definition) is 3. The largest absolute Gasteiger partial charge is 0.495 e. The number of aliphatic hydroxyl groups excluding tert-OH is 1. The molecule has 3 rings (SSSR count). The van der Waals surface area contributed by atoms with Crippen LogP contribution in [-0.2, 0) is 4.79 Å². The van der Waals surface area contributed by atoms with Crippen molar-refractivity contribution < 1.29 is 19.0 Å². The SMILES string of the molecule is COc1cc[nH]c1C=C1C(=O)Nc2ccc(F)c(C#CC[C@H](C)O)c21. The minimum atomic E-state index is -0.606. The number of benzene rings is 1. The Balaban J connectivity index is 2.13. The summed E-state index contributed by atoms with van der Waals surface area (Å²) in [6.07, 6.45) is 2.91. The van der Waals surface area contributed by atoms with E-state index >= 15 is 0 Å². The van der Waals surface area contributed by atoms with E-state index in [1.165, 1.54) is 19.2 Å². The third-order valence-corrected chi connectivity index (χ3v) is 3.78. The molecule has 0 radical (unpaired) electrons. The first-order valence-corrected chi connectivity index (χ1v) is 7.75. The molecule has 1 aromatic heterocycles. The number of fused-ring (bicyclic) bond motifs is 1.